The molecule has 3 heteroatoms. The smallest absolute Gasteiger partial charge is 0.200 e. The first-order valence-electron chi connectivity index (χ1n) is 5.81. The van der Waals surface area contributed by atoms with Crippen molar-refractivity contribution in [1.82, 2.24) is 0 Å². The number of nitrogens with zero attached hydrogens (tertiary/aromatic N) is 1. The molecule has 90 valence electrons. The van der Waals surface area contributed by atoms with Gasteiger partial charge in [-0.2, -0.15) is 5.26 Å². The number of benzene rings is 2. The number of hydrogen-bond acceptors (Lipinski definition) is 3. The molecule has 1 heterocycles. The number of carbonyl (C=O) groups excluding carboxylic acids is 1. The van der Waals surface area contributed by atoms with Gasteiger partial charge in [-0.05, 0) is 35.9 Å². The van der Waals surface area contributed by atoms with Crippen LogP contribution in [0.15, 0.2) is 58.3 Å². The molecule has 19 heavy (non-hydrogen) atoms. The predicted octanol–water partition coefficient (Wildman–Crippen LogP) is 3.89. The molecule has 0 radical (unpaired) electrons. The van der Waals surface area contributed by atoms with Crippen molar-refractivity contribution in [1.29, 1.82) is 5.26 Å². The molecule has 0 amide bonds. The molecule has 0 aromatic heterocycles. The second-order valence-electron chi connectivity index (χ2n) is 4.17. The molecule has 0 aliphatic carbocycles. The van der Waals surface area contributed by atoms with Gasteiger partial charge in [-0.1, -0.05) is 36.0 Å². The summed E-state index contributed by atoms with van der Waals surface area (Å²) in [6, 6.07) is 16.9. The Morgan fingerprint density at radius 2 is 1.79 bits per heavy atom. The van der Waals surface area contributed by atoms with Gasteiger partial charge in [-0.3, -0.25) is 4.79 Å². The first-order valence-corrected chi connectivity index (χ1v) is 6.63. The third kappa shape index (κ3) is 2.18. The lowest BCUT2D eigenvalue weighted by Gasteiger charge is -1.96. The van der Waals surface area contributed by atoms with E-state index in [0.717, 1.165) is 20.9 Å². The van der Waals surface area contributed by atoms with Crippen LogP contribution in [-0.2, 0) is 0 Å². The van der Waals surface area contributed by atoms with E-state index in [4.69, 9.17) is 5.26 Å². The fraction of sp³-hybridized carbons (Fsp3) is 0. The molecule has 0 unspecified atom stereocenters. The van der Waals surface area contributed by atoms with Crippen LogP contribution in [0.4, 0.5) is 0 Å². The van der Waals surface area contributed by atoms with Crippen LogP contribution in [0.1, 0.15) is 21.5 Å². The zero-order valence-electron chi connectivity index (χ0n) is 9.96. The summed E-state index contributed by atoms with van der Waals surface area (Å²) in [4.78, 5) is 13.9. The quantitative estimate of drug-likeness (QED) is 0.733. The number of Topliss-reactive ketones (excluding diaryl/α,β-unsaturated/α-hetero) is 1. The minimum absolute atomic E-state index is 0.0740. The van der Waals surface area contributed by atoms with Gasteiger partial charge in [0.05, 0.1) is 16.5 Å². The first kappa shape index (κ1) is 11.8. The van der Waals surface area contributed by atoms with Crippen molar-refractivity contribution in [2.45, 2.75) is 4.90 Å². The van der Waals surface area contributed by atoms with Gasteiger partial charge < -0.3 is 0 Å². The Kier molecular flexibility index (Phi) is 2.94. The van der Waals surface area contributed by atoms with E-state index in [1.807, 2.05) is 42.5 Å². The monoisotopic (exact) mass is 263 g/mol. The third-order valence-electron chi connectivity index (χ3n) is 2.91. The van der Waals surface area contributed by atoms with Crippen molar-refractivity contribution in [2.75, 3.05) is 0 Å². The molecule has 0 atom stereocenters. The molecule has 3 rings (SSSR count). The van der Waals surface area contributed by atoms with Crippen molar-refractivity contribution < 1.29 is 4.79 Å². The molecule has 2 aromatic carbocycles. The van der Waals surface area contributed by atoms with E-state index >= 15 is 0 Å². The standard InChI is InChI=1S/C16H9NOS/c17-10-12-7-5-11(6-8-12)9-15-16(18)13-3-1-2-4-14(13)19-15/h1-9H/b15-9+. The summed E-state index contributed by atoms with van der Waals surface area (Å²) >= 11 is 1.50. The van der Waals surface area contributed by atoms with Crippen LogP contribution < -0.4 is 0 Å². The van der Waals surface area contributed by atoms with E-state index in [2.05, 4.69) is 6.07 Å². The number of nitriles is 1. The van der Waals surface area contributed by atoms with Crippen LogP contribution in [0.5, 0.6) is 0 Å². The van der Waals surface area contributed by atoms with Crippen LogP contribution in [0.3, 0.4) is 0 Å². The number of allylic oxidation sites excluding steroid dienone is 1. The molecule has 0 spiro atoms. The van der Waals surface area contributed by atoms with E-state index in [1.54, 1.807) is 12.1 Å². The predicted molar refractivity (Wildman–Crippen MR) is 75.8 cm³/mol. The number of carbonyl (C=O) groups is 1. The van der Waals surface area contributed by atoms with E-state index in [0.29, 0.717) is 5.56 Å². The molecule has 0 saturated carbocycles. The van der Waals surface area contributed by atoms with Crippen LogP contribution in [0.2, 0.25) is 0 Å². The highest BCUT2D eigenvalue weighted by Gasteiger charge is 2.24. The maximum atomic E-state index is 12.2. The highest BCUT2D eigenvalue weighted by molar-refractivity contribution is 8.04. The third-order valence-corrected chi connectivity index (χ3v) is 4.01. The number of thioether (sulfide) groups is 1. The molecular weight excluding hydrogens is 254 g/mol. The van der Waals surface area contributed by atoms with Crippen LogP contribution in [0, 0.1) is 11.3 Å². The molecular formula is C16H9NOS. The van der Waals surface area contributed by atoms with Gasteiger partial charge in [0.15, 0.2) is 0 Å². The van der Waals surface area contributed by atoms with Crippen molar-refractivity contribution in [3.8, 4) is 6.07 Å². The van der Waals surface area contributed by atoms with E-state index in [9.17, 15) is 4.79 Å². The summed E-state index contributed by atoms with van der Waals surface area (Å²) in [5.41, 5.74) is 2.32. The highest BCUT2D eigenvalue weighted by Crippen LogP contribution is 2.40. The molecule has 1 aliphatic heterocycles. The number of fused-ring (bicyclic) bond motifs is 1. The second kappa shape index (κ2) is 4.75. The van der Waals surface area contributed by atoms with Gasteiger partial charge in [0.1, 0.15) is 0 Å². The van der Waals surface area contributed by atoms with Crippen LogP contribution in [0.25, 0.3) is 6.08 Å². The molecule has 1 aliphatic rings. The highest BCUT2D eigenvalue weighted by atomic mass is 32.2. The Labute approximate surface area is 115 Å². The van der Waals surface area contributed by atoms with Gasteiger partial charge >= 0.3 is 0 Å². The van der Waals surface area contributed by atoms with E-state index < -0.39 is 0 Å². The molecule has 0 fully saturated rings. The van der Waals surface area contributed by atoms with Gasteiger partial charge in [0.25, 0.3) is 0 Å². The second-order valence-corrected chi connectivity index (χ2v) is 5.25. The zero-order valence-corrected chi connectivity index (χ0v) is 10.8. The summed E-state index contributed by atoms with van der Waals surface area (Å²) in [5, 5.41) is 8.75. The molecule has 0 saturated heterocycles. The number of ketones is 1. The minimum atomic E-state index is 0.0740. The van der Waals surface area contributed by atoms with E-state index in [-0.39, 0.29) is 5.78 Å². The van der Waals surface area contributed by atoms with Crippen LogP contribution >= 0.6 is 11.8 Å². The summed E-state index contributed by atoms with van der Waals surface area (Å²) < 4.78 is 0. The maximum Gasteiger partial charge on any atom is 0.200 e. The lowest BCUT2D eigenvalue weighted by Crippen LogP contribution is -1.93. The average Bonchev–Trinajstić information content (AvgIpc) is 2.77. The van der Waals surface area contributed by atoms with Crippen molar-refractivity contribution in [3.63, 3.8) is 0 Å². The normalized spacial score (nSPS) is 15.3. The lowest BCUT2D eigenvalue weighted by atomic mass is 10.1. The topological polar surface area (TPSA) is 40.9 Å². The van der Waals surface area contributed by atoms with Gasteiger partial charge in [-0.25, -0.2) is 0 Å². The minimum Gasteiger partial charge on any atom is -0.288 e. The van der Waals surface area contributed by atoms with Gasteiger partial charge in [-0.15, -0.1) is 0 Å². The largest absolute Gasteiger partial charge is 0.288 e. The Balaban J connectivity index is 1.94. The van der Waals surface area contributed by atoms with Gasteiger partial charge in [0, 0.05) is 10.5 Å². The Morgan fingerprint density at radius 3 is 2.47 bits per heavy atom. The van der Waals surface area contributed by atoms with E-state index in [1.165, 1.54) is 11.8 Å². The lowest BCUT2D eigenvalue weighted by molar-refractivity contribution is 0.104. The van der Waals surface area contributed by atoms with Crippen LogP contribution in [-0.4, -0.2) is 5.78 Å². The SMILES string of the molecule is N#Cc1ccc(/C=C2/Sc3ccccc3C2=O)cc1. The summed E-state index contributed by atoms with van der Waals surface area (Å²) in [5.74, 6) is 0.0740. The average molecular weight is 263 g/mol. The first-order chi connectivity index (χ1) is 9.28. The summed E-state index contributed by atoms with van der Waals surface area (Å²) in [6.07, 6.45) is 1.87. The Bertz CT molecular complexity index is 723. The van der Waals surface area contributed by atoms with Crippen molar-refractivity contribution in [3.05, 3.63) is 70.1 Å². The Morgan fingerprint density at radius 1 is 1.05 bits per heavy atom. The molecule has 0 bridgehead atoms. The summed E-state index contributed by atoms with van der Waals surface area (Å²) in [7, 11) is 0. The van der Waals surface area contributed by atoms with Crippen molar-refractivity contribution >= 4 is 23.6 Å². The molecule has 2 aromatic rings. The number of hydrogen-bond donors (Lipinski definition) is 0. The van der Waals surface area contributed by atoms with Crippen molar-refractivity contribution in [2.24, 2.45) is 0 Å². The number of rotatable bonds is 1. The molecule has 0 N–H and O–H groups in total. The molecule has 2 nitrogen and oxygen atoms in total. The Hall–Kier alpha value is -2.31. The fourth-order valence-electron chi connectivity index (χ4n) is 1.94. The zero-order chi connectivity index (χ0) is 13.2. The fourth-order valence-corrected chi connectivity index (χ4v) is 2.99. The maximum absolute atomic E-state index is 12.2. The summed E-state index contributed by atoms with van der Waals surface area (Å²) in [6.45, 7) is 0. The van der Waals surface area contributed by atoms with Gasteiger partial charge in [0.2, 0.25) is 5.78 Å².